The molecule has 4 aliphatic rings. The number of anilines is 1. The third-order valence-corrected chi connectivity index (χ3v) is 12.0. The smallest absolute Gasteiger partial charge is 0.161 e. The fourth-order valence-corrected chi connectivity index (χ4v) is 8.98. The topological polar surface area (TPSA) is 117 Å². The van der Waals surface area contributed by atoms with E-state index in [4.69, 9.17) is 14.2 Å². The van der Waals surface area contributed by atoms with Crippen molar-refractivity contribution in [1.82, 2.24) is 0 Å². The maximum Gasteiger partial charge on any atom is 0.161 e. The summed E-state index contributed by atoms with van der Waals surface area (Å²) >= 11 is 0. The summed E-state index contributed by atoms with van der Waals surface area (Å²) in [6.45, 7) is 2.62. The van der Waals surface area contributed by atoms with Crippen molar-refractivity contribution in [3.63, 3.8) is 0 Å². The first-order valence-electron chi connectivity index (χ1n) is 21.0. The molecule has 1 spiro atoms. The van der Waals surface area contributed by atoms with Crippen molar-refractivity contribution >= 4 is 22.2 Å². The minimum absolute atomic E-state index is 0.0303. The van der Waals surface area contributed by atoms with E-state index in [1.807, 2.05) is 48.5 Å². The number of rotatable bonds is 11. The molecular weight excluding hydrogens is 727 g/mol. The van der Waals surface area contributed by atoms with Crippen LogP contribution in [0.5, 0.6) is 17.2 Å². The molecule has 4 atom stereocenters. The number of phenolic OH excluding ortho intramolecular Hbond substituents is 1. The number of aliphatic hydroxyl groups is 2. The number of aryl methyl sites for hydroxylation is 2. The number of phenols is 1. The largest absolute Gasteiger partial charge is 0.508 e. The van der Waals surface area contributed by atoms with Crippen molar-refractivity contribution in [1.29, 1.82) is 0 Å². The Morgan fingerprint density at radius 3 is 2.64 bits per heavy atom. The Labute approximate surface area is 342 Å². The number of aromatic hydroxyl groups is 1. The van der Waals surface area contributed by atoms with Crippen molar-refractivity contribution in [2.75, 3.05) is 19.0 Å². The van der Waals surface area contributed by atoms with Crippen LogP contribution >= 0.6 is 0 Å². The molecule has 4 unspecified atom stereocenters. The molecule has 1 saturated carbocycles. The van der Waals surface area contributed by atoms with Gasteiger partial charge in [-0.2, -0.15) is 0 Å². The number of Topliss-reactive ketones (excluding diaryl/α,β-unsaturated/α-hetero) is 1. The summed E-state index contributed by atoms with van der Waals surface area (Å²) < 4.78 is 18.4. The molecule has 6 bridgehead atoms. The van der Waals surface area contributed by atoms with Gasteiger partial charge in [0, 0.05) is 30.6 Å². The highest BCUT2D eigenvalue weighted by atomic mass is 16.5. The summed E-state index contributed by atoms with van der Waals surface area (Å²) in [6.07, 6.45) is 17.1. The van der Waals surface area contributed by atoms with Crippen molar-refractivity contribution in [2.24, 2.45) is 11.8 Å². The van der Waals surface area contributed by atoms with Crippen molar-refractivity contribution < 1.29 is 34.3 Å². The zero-order chi connectivity index (χ0) is 40.5. The molecule has 0 radical (unpaired) electrons. The maximum absolute atomic E-state index is 13.8. The fourth-order valence-electron chi connectivity index (χ4n) is 8.98. The van der Waals surface area contributed by atoms with Crippen LogP contribution in [0, 0.1) is 23.9 Å². The zero-order valence-electron chi connectivity index (χ0n) is 33.8. The SMILES string of the molecule is COc1ccc2cc1OCc1ccc3c(c(O)ccc3c1)C1(C#COC(CC3C=C(O)C=CC3CCCCc3cccc(NCC(C)O)c3)CC(=O)CC2)CCCC1. The highest BCUT2D eigenvalue weighted by Gasteiger charge is 2.38. The zero-order valence-corrected chi connectivity index (χ0v) is 33.8. The molecule has 304 valence electrons. The molecule has 4 aromatic rings. The first-order valence-corrected chi connectivity index (χ1v) is 21.0. The number of fused-ring (bicyclic) bond motifs is 8. The Kier molecular flexibility index (Phi) is 13.3. The van der Waals surface area contributed by atoms with Crippen LogP contribution < -0.4 is 14.8 Å². The van der Waals surface area contributed by atoms with Gasteiger partial charge in [0.25, 0.3) is 0 Å². The number of benzene rings is 4. The molecule has 0 saturated heterocycles. The Balaban J connectivity index is 1.13. The van der Waals surface area contributed by atoms with Gasteiger partial charge in [-0.15, -0.1) is 0 Å². The summed E-state index contributed by atoms with van der Waals surface area (Å²) in [5, 5.41) is 37.0. The van der Waals surface area contributed by atoms with Crippen LogP contribution in [0.15, 0.2) is 96.8 Å². The van der Waals surface area contributed by atoms with Crippen LogP contribution in [0.25, 0.3) is 10.8 Å². The molecule has 1 fully saturated rings. The average Bonchev–Trinajstić information content (AvgIpc) is 3.69. The summed E-state index contributed by atoms with van der Waals surface area (Å²) in [6, 6.07) is 24.1. The van der Waals surface area contributed by atoms with E-state index in [1.165, 1.54) is 5.56 Å². The van der Waals surface area contributed by atoms with E-state index in [-0.39, 0.29) is 35.5 Å². The summed E-state index contributed by atoms with van der Waals surface area (Å²) in [4.78, 5) is 13.8. The lowest BCUT2D eigenvalue weighted by Gasteiger charge is -2.28. The Morgan fingerprint density at radius 2 is 1.81 bits per heavy atom. The van der Waals surface area contributed by atoms with Crippen molar-refractivity contribution in [2.45, 2.75) is 108 Å². The Hall–Kier alpha value is -5.39. The van der Waals surface area contributed by atoms with Gasteiger partial charge in [0.15, 0.2) is 11.5 Å². The van der Waals surface area contributed by atoms with Gasteiger partial charge >= 0.3 is 0 Å². The highest BCUT2D eigenvalue weighted by Crippen LogP contribution is 2.47. The second-order valence-corrected chi connectivity index (χ2v) is 16.5. The van der Waals surface area contributed by atoms with Crippen LogP contribution in [0.3, 0.4) is 0 Å². The number of unbranched alkanes of at least 4 members (excludes halogenated alkanes) is 1. The van der Waals surface area contributed by atoms with Gasteiger partial charge in [-0.1, -0.05) is 61.7 Å². The van der Waals surface area contributed by atoms with Gasteiger partial charge < -0.3 is 34.8 Å². The van der Waals surface area contributed by atoms with Crippen molar-refractivity contribution in [3.8, 4) is 29.3 Å². The van der Waals surface area contributed by atoms with E-state index in [2.05, 4.69) is 47.7 Å². The van der Waals surface area contributed by atoms with Crippen LogP contribution in [0.1, 0.15) is 93.4 Å². The maximum atomic E-state index is 13.8. The van der Waals surface area contributed by atoms with Gasteiger partial charge in [-0.05, 0) is 146 Å². The summed E-state index contributed by atoms with van der Waals surface area (Å²) in [5.74, 6) is 5.45. The fraction of sp³-hybridized carbons (Fsp3) is 0.420. The number of hydrogen-bond donors (Lipinski definition) is 4. The number of ketones is 1. The van der Waals surface area contributed by atoms with Crippen LogP contribution in [0.2, 0.25) is 0 Å². The molecule has 2 heterocycles. The molecule has 2 aliphatic carbocycles. The summed E-state index contributed by atoms with van der Waals surface area (Å²) in [5.41, 5.74) is 4.48. The van der Waals surface area contributed by atoms with Crippen LogP contribution in [0.4, 0.5) is 5.69 Å². The standard InChI is InChI=1S/C50H57NO7/c1-34(52)32-51-41-11-7-9-35(27-41)8-3-4-10-38-15-18-42(53)29-40(38)30-44-31-43(54)17-12-36-14-21-47(56-2)48(28-36)58-33-37-13-19-45-39(26-37)16-20-46(55)49(45)50(24-25-57-44)22-5-6-23-50/h7,9,11,13-16,18-21,26-29,34,38,40,44,51-53,55H,3-6,8,10,12,17,22-23,30-33H2,1-2H3. The predicted octanol–water partition coefficient (Wildman–Crippen LogP) is 10.0. The van der Waals surface area contributed by atoms with Gasteiger partial charge in [0.1, 0.15) is 36.1 Å². The highest BCUT2D eigenvalue weighted by molar-refractivity contribution is 5.90. The second kappa shape index (κ2) is 18.9. The Bertz CT molecular complexity index is 2190. The van der Waals surface area contributed by atoms with E-state index < -0.39 is 17.6 Å². The van der Waals surface area contributed by atoms with Gasteiger partial charge in [0.2, 0.25) is 0 Å². The molecular formula is C50H57NO7. The van der Waals surface area contributed by atoms with Crippen LogP contribution in [-0.4, -0.2) is 47.0 Å². The molecule has 4 aromatic carbocycles. The first kappa shape index (κ1) is 40.8. The molecule has 0 amide bonds. The van der Waals surface area contributed by atoms with E-state index in [0.717, 1.165) is 84.5 Å². The number of ether oxygens (including phenoxy) is 3. The molecule has 58 heavy (non-hydrogen) atoms. The molecule has 8 heteroatoms. The summed E-state index contributed by atoms with van der Waals surface area (Å²) in [7, 11) is 1.62. The second-order valence-electron chi connectivity index (χ2n) is 16.5. The number of carbonyl (C=O) groups is 1. The van der Waals surface area contributed by atoms with E-state index in [0.29, 0.717) is 43.9 Å². The lowest BCUT2D eigenvalue weighted by atomic mass is 9.76. The van der Waals surface area contributed by atoms with E-state index >= 15 is 0 Å². The number of allylic oxidation sites excluding steroid dienone is 3. The molecule has 2 aliphatic heterocycles. The molecule has 0 aromatic heterocycles. The molecule has 8 nitrogen and oxygen atoms in total. The average molecular weight is 784 g/mol. The predicted molar refractivity (Wildman–Crippen MR) is 229 cm³/mol. The number of methoxy groups -OCH3 is 1. The number of aliphatic hydroxyl groups excluding tert-OH is 2. The number of carbonyl (C=O) groups excluding carboxylic acids is 1. The lowest BCUT2D eigenvalue weighted by molar-refractivity contribution is -0.121. The van der Waals surface area contributed by atoms with Gasteiger partial charge in [-0.25, -0.2) is 0 Å². The number of hydrogen-bond acceptors (Lipinski definition) is 8. The third-order valence-electron chi connectivity index (χ3n) is 12.0. The normalized spacial score (nSPS) is 20.9. The van der Waals surface area contributed by atoms with Gasteiger partial charge in [-0.3, -0.25) is 4.79 Å². The minimum Gasteiger partial charge on any atom is -0.508 e. The van der Waals surface area contributed by atoms with E-state index in [9.17, 15) is 20.1 Å². The third kappa shape index (κ3) is 10.2. The van der Waals surface area contributed by atoms with Crippen molar-refractivity contribution in [3.05, 3.63) is 119 Å². The van der Waals surface area contributed by atoms with Gasteiger partial charge in [0.05, 0.1) is 18.6 Å². The first-order chi connectivity index (χ1) is 28.2. The minimum atomic E-state index is -0.591. The van der Waals surface area contributed by atoms with E-state index in [1.54, 1.807) is 26.2 Å². The number of nitrogens with one attached hydrogen (secondary N) is 1. The quantitative estimate of drug-likeness (QED) is 0.0878. The molecule has 4 N–H and O–H groups in total. The monoisotopic (exact) mass is 783 g/mol. The van der Waals surface area contributed by atoms with Crippen LogP contribution in [-0.2, 0) is 34.4 Å². The molecule has 8 rings (SSSR count). The Morgan fingerprint density at radius 1 is 0.966 bits per heavy atom. The lowest BCUT2D eigenvalue weighted by Crippen LogP contribution is -2.25.